The summed E-state index contributed by atoms with van der Waals surface area (Å²) < 4.78 is 6.97. The Balaban J connectivity index is 1.70. The highest BCUT2D eigenvalue weighted by Gasteiger charge is 2.28. The topological polar surface area (TPSA) is 51.2 Å². The maximum Gasteiger partial charge on any atom is 0.275 e. The molecule has 25 heavy (non-hydrogen) atoms. The van der Waals surface area contributed by atoms with Crippen LogP contribution in [0.2, 0.25) is 0 Å². The van der Waals surface area contributed by atoms with Crippen molar-refractivity contribution in [2.45, 2.75) is 53.1 Å². The molecule has 134 valence electrons. The molecule has 1 N–H and O–H groups in total. The van der Waals surface area contributed by atoms with Gasteiger partial charge in [-0.1, -0.05) is 57.2 Å². The van der Waals surface area contributed by atoms with Crippen molar-refractivity contribution in [1.82, 2.24) is 10.3 Å². The number of rotatable bonds is 5. The molecule has 2 aromatic rings. The maximum atomic E-state index is 12.7. The number of hydrogen-bond donors (Lipinski definition) is 1. The largest absolute Gasteiger partial charge is 0.457 e. The van der Waals surface area contributed by atoms with Gasteiger partial charge in [-0.15, -0.1) is 0 Å². The van der Waals surface area contributed by atoms with E-state index in [0.29, 0.717) is 17.5 Å². The van der Waals surface area contributed by atoms with E-state index in [1.807, 2.05) is 31.2 Å². The lowest BCUT2D eigenvalue weighted by molar-refractivity contribution is -0.127. The summed E-state index contributed by atoms with van der Waals surface area (Å²) >= 11 is 1.48. The first kappa shape index (κ1) is 17.9. The molecule has 1 aliphatic carbocycles. The summed E-state index contributed by atoms with van der Waals surface area (Å²) in [6.07, 6.45) is 4.32. The van der Waals surface area contributed by atoms with Gasteiger partial charge in [0, 0.05) is 5.70 Å². The minimum absolute atomic E-state index is 0.0853. The van der Waals surface area contributed by atoms with E-state index >= 15 is 0 Å². The van der Waals surface area contributed by atoms with Crippen molar-refractivity contribution in [3.63, 3.8) is 0 Å². The molecule has 1 aliphatic rings. The number of carbonyl (C=O) groups is 1. The highest BCUT2D eigenvalue weighted by atomic mass is 32.1. The number of para-hydroxylation sites is 1. The highest BCUT2D eigenvalue weighted by molar-refractivity contribution is 7.20. The molecule has 1 aromatic carbocycles. The van der Waals surface area contributed by atoms with E-state index in [1.165, 1.54) is 11.3 Å². The van der Waals surface area contributed by atoms with Crippen LogP contribution in [0.3, 0.4) is 0 Å². The molecule has 0 saturated carbocycles. The molecule has 0 aliphatic heterocycles. The average molecular weight is 359 g/mol. The Morgan fingerprint density at radius 1 is 1.44 bits per heavy atom. The number of hydrogen-bond acceptors (Lipinski definition) is 4. The molecule has 0 fully saturated rings. The Labute approximate surface area is 153 Å². The Bertz CT molecular complexity index is 761. The van der Waals surface area contributed by atoms with Crippen LogP contribution < -0.4 is 10.1 Å². The Hall–Kier alpha value is -1.88. The predicted octanol–water partition coefficient (Wildman–Crippen LogP) is 4.91. The second-order valence-corrected chi connectivity index (χ2v) is 8.62. The predicted molar refractivity (Wildman–Crippen MR) is 103 cm³/mol. The Morgan fingerprint density at radius 3 is 2.88 bits per heavy atom. The molecule has 4 nitrogen and oxygen atoms in total. The second kappa shape index (κ2) is 7.16. The quantitative estimate of drug-likeness (QED) is 0.826. The van der Waals surface area contributed by atoms with Crippen LogP contribution in [-0.4, -0.2) is 17.0 Å². The highest BCUT2D eigenvalue weighted by Crippen LogP contribution is 2.36. The van der Waals surface area contributed by atoms with Gasteiger partial charge < -0.3 is 10.1 Å². The van der Waals surface area contributed by atoms with Crippen molar-refractivity contribution in [2.75, 3.05) is 0 Å². The molecule has 1 heterocycles. The zero-order valence-electron chi connectivity index (χ0n) is 15.3. The van der Waals surface area contributed by atoms with Gasteiger partial charge >= 0.3 is 0 Å². The van der Waals surface area contributed by atoms with Crippen LogP contribution in [0.25, 0.3) is 10.2 Å². The van der Waals surface area contributed by atoms with E-state index in [9.17, 15) is 4.79 Å². The molecule has 1 amide bonds. The van der Waals surface area contributed by atoms with Gasteiger partial charge in [-0.05, 0) is 42.7 Å². The number of nitrogens with one attached hydrogen (secondary N) is 1. The van der Waals surface area contributed by atoms with Crippen LogP contribution in [-0.2, 0) is 4.79 Å². The zero-order chi connectivity index (χ0) is 18.0. The van der Waals surface area contributed by atoms with Crippen LogP contribution in [0.15, 0.2) is 36.0 Å². The van der Waals surface area contributed by atoms with Crippen molar-refractivity contribution in [3.05, 3.63) is 36.0 Å². The van der Waals surface area contributed by atoms with Gasteiger partial charge in [-0.25, -0.2) is 4.98 Å². The SMILES string of the molecule is CCC(Oc1nc2ccccc2s1)C(=O)NC1=CC(C)(C)CC(C)C1. The standard InChI is InChI=1S/C20H26N2O2S/c1-5-16(24-19-22-15-8-6-7-9-17(15)25-19)18(23)21-14-10-13(2)11-20(3,4)12-14/h6-9,12-13,16H,5,10-11H2,1-4H3,(H,21,23). The van der Waals surface area contributed by atoms with Gasteiger partial charge in [0.1, 0.15) is 0 Å². The second-order valence-electron chi connectivity index (χ2n) is 7.62. The number of allylic oxidation sites excluding steroid dienone is 2. The van der Waals surface area contributed by atoms with Gasteiger partial charge in [0.15, 0.2) is 6.10 Å². The number of aromatic nitrogens is 1. The minimum atomic E-state index is -0.526. The Kier molecular flexibility index (Phi) is 5.13. The normalized spacial score (nSPS) is 20.8. The summed E-state index contributed by atoms with van der Waals surface area (Å²) in [4.78, 5) is 17.1. The van der Waals surface area contributed by atoms with Crippen molar-refractivity contribution in [3.8, 4) is 5.19 Å². The molecule has 1 aromatic heterocycles. The van der Waals surface area contributed by atoms with Gasteiger partial charge in [0.25, 0.3) is 11.1 Å². The number of benzene rings is 1. The molecule has 0 radical (unpaired) electrons. The fourth-order valence-corrected chi connectivity index (χ4v) is 4.47. The number of fused-ring (bicyclic) bond motifs is 1. The molecule has 0 bridgehead atoms. The first-order chi connectivity index (χ1) is 11.9. The first-order valence-corrected chi connectivity index (χ1v) is 9.73. The number of thiazole rings is 1. The smallest absolute Gasteiger partial charge is 0.275 e. The zero-order valence-corrected chi connectivity index (χ0v) is 16.2. The minimum Gasteiger partial charge on any atom is -0.457 e. The summed E-state index contributed by atoms with van der Waals surface area (Å²) in [6, 6.07) is 7.90. The lowest BCUT2D eigenvalue weighted by Crippen LogP contribution is -2.39. The monoisotopic (exact) mass is 358 g/mol. The number of amides is 1. The lowest BCUT2D eigenvalue weighted by atomic mass is 9.76. The van der Waals surface area contributed by atoms with E-state index in [-0.39, 0.29) is 11.3 Å². The summed E-state index contributed by atoms with van der Waals surface area (Å²) in [7, 11) is 0. The van der Waals surface area contributed by atoms with Crippen molar-refractivity contribution in [2.24, 2.45) is 11.3 Å². The fourth-order valence-electron chi connectivity index (χ4n) is 3.61. The van der Waals surface area contributed by atoms with Crippen molar-refractivity contribution < 1.29 is 9.53 Å². The van der Waals surface area contributed by atoms with Gasteiger partial charge in [0.05, 0.1) is 10.2 Å². The van der Waals surface area contributed by atoms with Crippen LogP contribution in [0.5, 0.6) is 5.19 Å². The van der Waals surface area contributed by atoms with Crippen LogP contribution in [0.4, 0.5) is 0 Å². The number of ether oxygens (including phenoxy) is 1. The molecule has 0 spiro atoms. The lowest BCUT2D eigenvalue weighted by Gasteiger charge is -2.32. The van der Waals surface area contributed by atoms with Gasteiger partial charge in [0.2, 0.25) is 0 Å². The molecule has 2 atom stereocenters. The van der Waals surface area contributed by atoms with Crippen LogP contribution in [0, 0.1) is 11.3 Å². The van der Waals surface area contributed by atoms with E-state index in [4.69, 9.17) is 4.74 Å². The van der Waals surface area contributed by atoms with E-state index in [1.54, 1.807) is 0 Å². The molecule has 3 rings (SSSR count). The summed E-state index contributed by atoms with van der Waals surface area (Å²) in [5.74, 6) is 0.485. The molecular weight excluding hydrogens is 332 g/mol. The van der Waals surface area contributed by atoms with E-state index < -0.39 is 6.10 Å². The fraction of sp³-hybridized carbons (Fsp3) is 0.500. The summed E-state index contributed by atoms with van der Waals surface area (Å²) in [5.41, 5.74) is 2.04. The van der Waals surface area contributed by atoms with E-state index in [0.717, 1.165) is 28.8 Å². The van der Waals surface area contributed by atoms with Crippen molar-refractivity contribution >= 4 is 27.5 Å². The number of nitrogens with zero attached hydrogens (tertiary/aromatic N) is 1. The van der Waals surface area contributed by atoms with E-state index in [2.05, 4.69) is 37.1 Å². The van der Waals surface area contributed by atoms with Gasteiger partial charge in [-0.3, -0.25) is 4.79 Å². The van der Waals surface area contributed by atoms with Gasteiger partial charge in [-0.2, -0.15) is 0 Å². The number of carbonyl (C=O) groups excluding carboxylic acids is 1. The summed E-state index contributed by atoms with van der Waals surface area (Å²) in [6.45, 7) is 8.61. The maximum absolute atomic E-state index is 12.7. The summed E-state index contributed by atoms with van der Waals surface area (Å²) in [5, 5.41) is 3.63. The third-order valence-electron chi connectivity index (χ3n) is 4.47. The van der Waals surface area contributed by atoms with Crippen LogP contribution in [0.1, 0.15) is 47.0 Å². The molecule has 5 heteroatoms. The molecular formula is C20H26N2O2S. The van der Waals surface area contributed by atoms with Crippen molar-refractivity contribution in [1.29, 1.82) is 0 Å². The first-order valence-electron chi connectivity index (χ1n) is 8.91. The third-order valence-corrected chi connectivity index (χ3v) is 5.40. The average Bonchev–Trinajstić information content (AvgIpc) is 2.92. The molecule has 2 unspecified atom stereocenters. The molecule has 0 saturated heterocycles. The third kappa shape index (κ3) is 4.40. The Morgan fingerprint density at radius 2 is 2.20 bits per heavy atom. The van der Waals surface area contributed by atoms with Crippen LogP contribution >= 0.6 is 11.3 Å².